The third-order valence-corrected chi connectivity index (χ3v) is 7.84. The van der Waals surface area contributed by atoms with Crippen molar-refractivity contribution < 1.29 is 0 Å². The Morgan fingerprint density at radius 2 is 1.32 bits per heavy atom. The van der Waals surface area contributed by atoms with Gasteiger partial charge in [0, 0.05) is 52.6 Å². The summed E-state index contributed by atoms with van der Waals surface area (Å²) >= 11 is 0. The SMILES string of the molecule is Cn1c(-c2ccc3c4c(-c5ccccn5)cccc4n(-c4cccc(-c5ccccn5)c4)c3c2)nc2ccccc21. The van der Waals surface area contributed by atoms with Crippen molar-refractivity contribution in [2.45, 2.75) is 0 Å². The Kier molecular flexibility index (Phi) is 5.28. The number of hydrogen-bond acceptors (Lipinski definition) is 3. The molecular formula is C36H25N5. The van der Waals surface area contributed by atoms with Gasteiger partial charge in [-0.25, -0.2) is 4.98 Å². The van der Waals surface area contributed by atoms with Gasteiger partial charge in [-0.3, -0.25) is 9.97 Å². The lowest BCUT2D eigenvalue weighted by Crippen LogP contribution is -1.96. The molecule has 0 saturated carbocycles. The number of para-hydroxylation sites is 2. The Balaban J connectivity index is 1.44. The van der Waals surface area contributed by atoms with Gasteiger partial charge in [0.1, 0.15) is 5.82 Å². The molecule has 0 saturated heterocycles. The smallest absolute Gasteiger partial charge is 0.140 e. The van der Waals surface area contributed by atoms with Gasteiger partial charge in [0.2, 0.25) is 0 Å². The van der Waals surface area contributed by atoms with Crippen LogP contribution in [0.1, 0.15) is 0 Å². The Morgan fingerprint density at radius 3 is 2.12 bits per heavy atom. The fourth-order valence-electron chi connectivity index (χ4n) is 5.96. The Labute approximate surface area is 237 Å². The third-order valence-electron chi connectivity index (χ3n) is 7.84. The van der Waals surface area contributed by atoms with Crippen LogP contribution in [-0.2, 0) is 7.05 Å². The number of nitrogens with zero attached hydrogens (tertiary/aromatic N) is 5. The largest absolute Gasteiger partial charge is 0.327 e. The minimum atomic E-state index is 0.942. The average molecular weight is 528 g/mol. The standard InChI is InChI=1S/C36H25N5/c1-40-32-16-3-2-15-31(32)39-36(40)25-18-19-28-34(23-25)41(26-11-8-10-24(22-26)29-13-4-6-20-37-29)33-17-9-12-27(35(28)33)30-14-5-7-21-38-30/h2-23H,1H3. The highest BCUT2D eigenvalue weighted by atomic mass is 15.1. The van der Waals surface area contributed by atoms with E-state index in [9.17, 15) is 0 Å². The number of benzene rings is 4. The molecule has 4 aromatic carbocycles. The van der Waals surface area contributed by atoms with Gasteiger partial charge in [-0.05, 0) is 60.7 Å². The number of rotatable bonds is 4. The Bertz CT molecular complexity index is 2210. The summed E-state index contributed by atoms with van der Waals surface area (Å²) in [5.74, 6) is 0.942. The zero-order valence-corrected chi connectivity index (χ0v) is 22.4. The van der Waals surface area contributed by atoms with Crippen LogP contribution in [0.3, 0.4) is 0 Å². The highest BCUT2D eigenvalue weighted by Gasteiger charge is 2.19. The zero-order chi connectivity index (χ0) is 27.3. The molecule has 0 aliphatic heterocycles. The first-order chi connectivity index (χ1) is 20.3. The molecule has 0 fully saturated rings. The maximum atomic E-state index is 5.00. The van der Waals surface area contributed by atoms with E-state index in [0.717, 1.165) is 61.7 Å². The molecule has 0 N–H and O–H groups in total. The highest BCUT2D eigenvalue weighted by molar-refractivity contribution is 6.16. The summed E-state index contributed by atoms with van der Waals surface area (Å²) in [7, 11) is 2.08. The molecule has 0 radical (unpaired) electrons. The maximum absolute atomic E-state index is 5.00. The normalized spacial score (nSPS) is 11.5. The summed E-state index contributed by atoms with van der Waals surface area (Å²) in [5, 5.41) is 2.35. The van der Waals surface area contributed by atoms with E-state index in [1.165, 1.54) is 10.8 Å². The van der Waals surface area contributed by atoms with Crippen molar-refractivity contribution in [1.29, 1.82) is 0 Å². The van der Waals surface area contributed by atoms with Gasteiger partial charge < -0.3 is 9.13 Å². The first kappa shape index (κ1) is 23.3. The highest BCUT2D eigenvalue weighted by Crippen LogP contribution is 2.40. The molecule has 5 nitrogen and oxygen atoms in total. The van der Waals surface area contributed by atoms with Crippen molar-refractivity contribution in [3.05, 3.63) is 134 Å². The minimum Gasteiger partial charge on any atom is -0.327 e. The predicted molar refractivity (Wildman–Crippen MR) is 167 cm³/mol. The number of fused-ring (bicyclic) bond motifs is 4. The van der Waals surface area contributed by atoms with Crippen LogP contribution in [0.2, 0.25) is 0 Å². The van der Waals surface area contributed by atoms with Gasteiger partial charge in [-0.15, -0.1) is 0 Å². The van der Waals surface area contributed by atoms with E-state index in [0.29, 0.717) is 0 Å². The van der Waals surface area contributed by atoms with E-state index in [1.54, 1.807) is 0 Å². The zero-order valence-electron chi connectivity index (χ0n) is 22.4. The summed E-state index contributed by atoms with van der Waals surface area (Å²) < 4.78 is 4.53. The summed E-state index contributed by atoms with van der Waals surface area (Å²) in [6.45, 7) is 0. The van der Waals surface area contributed by atoms with Crippen LogP contribution in [0.25, 0.3) is 72.4 Å². The Hall–Kier alpha value is -5.55. The second-order valence-corrected chi connectivity index (χ2v) is 10.2. The molecule has 0 atom stereocenters. The molecule has 0 spiro atoms. The molecule has 8 rings (SSSR count). The molecule has 0 unspecified atom stereocenters. The molecule has 0 amide bonds. The fraction of sp³-hybridized carbons (Fsp3) is 0.0278. The molecule has 0 aliphatic rings. The van der Waals surface area contributed by atoms with Gasteiger partial charge in [-0.1, -0.05) is 60.7 Å². The van der Waals surface area contributed by atoms with Crippen molar-refractivity contribution in [1.82, 2.24) is 24.1 Å². The van der Waals surface area contributed by atoms with E-state index in [-0.39, 0.29) is 0 Å². The molecule has 0 aliphatic carbocycles. The number of imidazole rings is 1. The van der Waals surface area contributed by atoms with E-state index < -0.39 is 0 Å². The van der Waals surface area contributed by atoms with Crippen LogP contribution < -0.4 is 0 Å². The van der Waals surface area contributed by atoms with E-state index >= 15 is 0 Å². The third kappa shape index (κ3) is 3.74. The molecule has 5 heteroatoms. The van der Waals surface area contributed by atoms with Crippen molar-refractivity contribution in [2.24, 2.45) is 7.05 Å². The second-order valence-electron chi connectivity index (χ2n) is 10.2. The summed E-state index contributed by atoms with van der Waals surface area (Å²) in [6, 6.07) is 42.2. The van der Waals surface area contributed by atoms with Crippen LogP contribution in [0, 0.1) is 0 Å². The lowest BCUT2D eigenvalue weighted by molar-refractivity contribution is 0.959. The molecule has 194 valence electrons. The number of aryl methyl sites for hydroxylation is 1. The fourth-order valence-corrected chi connectivity index (χ4v) is 5.96. The monoisotopic (exact) mass is 527 g/mol. The summed E-state index contributed by atoms with van der Waals surface area (Å²) in [6.07, 6.45) is 3.69. The van der Waals surface area contributed by atoms with Crippen LogP contribution >= 0.6 is 0 Å². The molecule has 4 aromatic heterocycles. The van der Waals surface area contributed by atoms with Gasteiger partial charge in [0.25, 0.3) is 0 Å². The summed E-state index contributed by atoms with van der Waals surface area (Å²) in [4.78, 5) is 14.3. The van der Waals surface area contributed by atoms with Gasteiger partial charge in [0.15, 0.2) is 0 Å². The number of pyridine rings is 2. The average Bonchev–Trinajstić information content (AvgIpc) is 3.56. The minimum absolute atomic E-state index is 0.942. The quantitative estimate of drug-likeness (QED) is 0.231. The second kappa shape index (κ2) is 9.28. The van der Waals surface area contributed by atoms with Crippen molar-refractivity contribution >= 4 is 32.8 Å². The van der Waals surface area contributed by atoms with Gasteiger partial charge >= 0.3 is 0 Å². The molecule has 4 heterocycles. The van der Waals surface area contributed by atoms with Crippen LogP contribution in [0.4, 0.5) is 0 Å². The topological polar surface area (TPSA) is 48.5 Å². The van der Waals surface area contributed by atoms with Crippen molar-refractivity contribution in [3.8, 4) is 39.6 Å². The van der Waals surface area contributed by atoms with Crippen LogP contribution in [0.15, 0.2) is 134 Å². The predicted octanol–water partition coefficient (Wildman–Crippen LogP) is 8.46. The van der Waals surface area contributed by atoms with Crippen LogP contribution in [-0.4, -0.2) is 24.1 Å². The van der Waals surface area contributed by atoms with Crippen molar-refractivity contribution in [3.63, 3.8) is 0 Å². The molecular weight excluding hydrogens is 502 g/mol. The maximum Gasteiger partial charge on any atom is 0.140 e. The lowest BCUT2D eigenvalue weighted by Gasteiger charge is -2.11. The molecule has 41 heavy (non-hydrogen) atoms. The Morgan fingerprint density at radius 1 is 0.561 bits per heavy atom. The van der Waals surface area contributed by atoms with E-state index in [1.807, 2.05) is 48.8 Å². The van der Waals surface area contributed by atoms with Gasteiger partial charge in [-0.2, -0.15) is 0 Å². The van der Waals surface area contributed by atoms with E-state index in [2.05, 4.69) is 106 Å². The summed E-state index contributed by atoms with van der Waals surface area (Å²) in [5.41, 5.74) is 10.6. The molecule has 8 aromatic rings. The first-order valence-electron chi connectivity index (χ1n) is 13.7. The molecule has 0 bridgehead atoms. The number of hydrogen-bond donors (Lipinski definition) is 0. The van der Waals surface area contributed by atoms with Gasteiger partial charge in [0.05, 0.1) is 33.5 Å². The number of aromatic nitrogens is 5. The first-order valence-corrected chi connectivity index (χ1v) is 13.7. The van der Waals surface area contributed by atoms with Crippen LogP contribution in [0.5, 0.6) is 0 Å². The van der Waals surface area contributed by atoms with E-state index in [4.69, 9.17) is 9.97 Å². The lowest BCUT2D eigenvalue weighted by atomic mass is 10.0. The van der Waals surface area contributed by atoms with Crippen molar-refractivity contribution in [2.75, 3.05) is 0 Å².